The third-order valence-electron chi connectivity index (χ3n) is 2.88. The molecule has 9 heteroatoms. The first-order chi connectivity index (χ1) is 9.69. The van der Waals surface area contributed by atoms with Gasteiger partial charge in [-0.3, -0.25) is 10.1 Å². The number of hydrogen-bond acceptors (Lipinski definition) is 5. The molecule has 0 saturated heterocycles. The number of nitrogens with zero attached hydrogens (tertiary/aromatic N) is 1. The second kappa shape index (κ2) is 7.71. The summed E-state index contributed by atoms with van der Waals surface area (Å²) in [5, 5.41) is 15.8. The molecule has 21 heavy (non-hydrogen) atoms. The number of benzene rings is 1. The van der Waals surface area contributed by atoms with Crippen LogP contribution in [0.4, 0.5) is 5.69 Å². The number of nitro groups is 1. The van der Waals surface area contributed by atoms with E-state index in [2.05, 4.69) is 15.9 Å². The summed E-state index contributed by atoms with van der Waals surface area (Å²) in [6.45, 7) is 2.15. The summed E-state index contributed by atoms with van der Waals surface area (Å²) in [6, 6.07) is 4.56. The molecule has 1 aromatic carbocycles. The Balaban J connectivity index is 2.51. The minimum absolute atomic E-state index is 0.0768. The normalized spacial score (nSPS) is 12.9. The number of nitro benzene ring substituents is 1. The molecule has 1 aromatic rings. The standard InChI is InChI=1S/C12H17BrN2O5S/c1-9(5-7-21(14,18)19)4-6-20-12-3-2-10(13)8-11(12)15(16)17/h2-3,8-9H,4-7H2,1H3,(H2,14,18,19). The molecule has 0 aliphatic carbocycles. The van der Waals surface area contributed by atoms with Crippen LogP contribution in [-0.2, 0) is 10.0 Å². The van der Waals surface area contributed by atoms with Gasteiger partial charge in [-0.05, 0) is 30.9 Å². The summed E-state index contributed by atoms with van der Waals surface area (Å²) in [7, 11) is -3.45. The van der Waals surface area contributed by atoms with E-state index >= 15 is 0 Å². The van der Waals surface area contributed by atoms with Crippen LogP contribution < -0.4 is 9.88 Å². The largest absolute Gasteiger partial charge is 0.487 e. The second-order valence-electron chi connectivity index (χ2n) is 4.77. The number of nitrogens with two attached hydrogens (primary N) is 1. The van der Waals surface area contributed by atoms with E-state index in [-0.39, 0.29) is 29.7 Å². The summed E-state index contributed by atoms with van der Waals surface area (Å²) >= 11 is 3.17. The van der Waals surface area contributed by atoms with E-state index in [0.717, 1.165) is 0 Å². The predicted octanol–water partition coefficient (Wildman–Crippen LogP) is 2.44. The van der Waals surface area contributed by atoms with Crippen molar-refractivity contribution >= 4 is 31.6 Å². The molecule has 1 unspecified atom stereocenters. The van der Waals surface area contributed by atoms with Crippen molar-refractivity contribution in [3.05, 3.63) is 32.8 Å². The molecular formula is C12H17BrN2O5S. The Labute approximate surface area is 131 Å². The van der Waals surface area contributed by atoms with Gasteiger partial charge in [-0.25, -0.2) is 13.6 Å². The lowest BCUT2D eigenvalue weighted by Crippen LogP contribution is -2.18. The molecule has 1 rings (SSSR count). The quantitative estimate of drug-likeness (QED) is 0.549. The minimum Gasteiger partial charge on any atom is -0.487 e. The second-order valence-corrected chi connectivity index (χ2v) is 7.42. The van der Waals surface area contributed by atoms with Crippen molar-refractivity contribution in [3.63, 3.8) is 0 Å². The number of hydrogen-bond donors (Lipinski definition) is 1. The molecule has 2 N–H and O–H groups in total. The molecule has 1 atom stereocenters. The Bertz CT molecular complexity index is 606. The smallest absolute Gasteiger partial charge is 0.312 e. The van der Waals surface area contributed by atoms with Gasteiger partial charge >= 0.3 is 5.69 Å². The van der Waals surface area contributed by atoms with Crippen molar-refractivity contribution in [3.8, 4) is 5.75 Å². The van der Waals surface area contributed by atoms with Crippen LogP contribution in [-0.4, -0.2) is 25.7 Å². The van der Waals surface area contributed by atoms with E-state index in [4.69, 9.17) is 9.88 Å². The number of primary sulfonamides is 1. The van der Waals surface area contributed by atoms with Crippen LogP contribution in [0.15, 0.2) is 22.7 Å². The van der Waals surface area contributed by atoms with Gasteiger partial charge in [0.05, 0.1) is 17.3 Å². The van der Waals surface area contributed by atoms with Gasteiger partial charge in [0, 0.05) is 10.5 Å². The van der Waals surface area contributed by atoms with Crippen LogP contribution >= 0.6 is 15.9 Å². The van der Waals surface area contributed by atoms with Crippen LogP contribution in [0.5, 0.6) is 5.75 Å². The lowest BCUT2D eigenvalue weighted by atomic mass is 10.1. The Morgan fingerprint density at radius 2 is 2.10 bits per heavy atom. The van der Waals surface area contributed by atoms with E-state index < -0.39 is 14.9 Å². The maximum absolute atomic E-state index is 10.9. The Hall–Kier alpha value is -1.19. The van der Waals surface area contributed by atoms with E-state index in [9.17, 15) is 18.5 Å². The molecule has 0 saturated carbocycles. The van der Waals surface area contributed by atoms with Crippen LogP contribution in [0.25, 0.3) is 0 Å². The molecule has 0 aromatic heterocycles. The molecule has 0 aliphatic rings. The maximum atomic E-state index is 10.9. The van der Waals surface area contributed by atoms with Gasteiger partial charge in [-0.1, -0.05) is 22.9 Å². The van der Waals surface area contributed by atoms with Crippen molar-refractivity contribution in [1.29, 1.82) is 0 Å². The number of halogens is 1. The summed E-state index contributed by atoms with van der Waals surface area (Å²) in [6.07, 6.45) is 1.02. The van der Waals surface area contributed by atoms with Gasteiger partial charge in [0.25, 0.3) is 0 Å². The van der Waals surface area contributed by atoms with Gasteiger partial charge in [0.15, 0.2) is 5.75 Å². The summed E-state index contributed by atoms with van der Waals surface area (Å²) in [5.74, 6) is 0.215. The fourth-order valence-corrected chi connectivity index (χ4v) is 2.72. The topological polar surface area (TPSA) is 113 Å². The Morgan fingerprint density at radius 3 is 2.67 bits per heavy atom. The highest BCUT2D eigenvalue weighted by molar-refractivity contribution is 9.10. The first-order valence-electron chi connectivity index (χ1n) is 6.26. The highest BCUT2D eigenvalue weighted by Gasteiger charge is 2.16. The van der Waals surface area contributed by atoms with Crippen LogP contribution in [0.1, 0.15) is 19.8 Å². The van der Waals surface area contributed by atoms with Gasteiger partial charge < -0.3 is 4.74 Å². The van der Waals surface area contributed by atoms with Gasteiger partial charge in [0.1, 0.15) is 0 Å². The molecule has 7 nitrogen and oxygen atoms in total. The van der Waals surface area contributed by atoms with Crippen molar-refractivity contribution in [2.45, 2.75) is 19.8 Å². The predicted molar refractivity (Wildman–Crippen MR) is 82.7 cm³/mol. The van der Waals surface area contributed by atoms with Gasteiger partial charge in [-0.15, -0.1) is 0 Å². The number of ether oxygens (including phenoxy) is 1. The lowest BCUT2D eigenvalue weighted by molar-refractivity contribution is -0.385. The summed E-state index contributed by atoms with van der Waals surface area (Å²) in [4.78, 5) is 10.4. The molecule has 0 radical (unpaired) electrons. The zero-order valence-corrected chi connectivity index (χ0v) is 13.9. The van der Waals surface area contributed by atoms with Crippen LogP contribution in [0.2, 0.25) is 0 Å². The fraction of sp³-hybridized carbons (Fsp3) is 0.500. The first-order valence-corrected chi connectivity index (χ1v) is 8.77. The average Bonchev–Trinajstić information content (AvgIpc) is 2.37. The van der Waals surface area contributed by atoms with Crippen molar-refractivity contribution in [2.24, 2.45) is 11.1 Å². The zero-order chi connectivity index (χ0) is 16.0. The molecule has 0 heterocycles. The third kappa shape index (κ3) is 6.87. The molecule has 0 aliphatic heterocycles. The maximum Gasteiger partial charge on any atom is 0.312 e. The molecule has 0 fully saturated rings. The van der Waals surface area contributed by atoms with Crippen molar-refractivity contribution < 1.29 is 18.1 Å². The molecule has 0 bridgehead atoms. The van der Waals surface area contributed by atoms with Crippen molar-refractivity contribution in [1.82, 2.24) is 0 Å². The van der Waals surface area contributed by atoms with Crippen LogP contribution in [0.3, 0.4) is 0 Å². The number of rotatable bonds is 8. The fourth-order valence-electron chi connectivity index (χ4n) is 1.64. The van der Waals surface area contributed by atoms with E-state index in [0.29, 0.717) is 17.3 Å². The monoisotopic (exact) mass is 380 g/mol. The summed E-state index contributed by atoms with van der Waals surface area (Å²) in [5.41, 5.74) is -0.110. The average molecular weight is 381 g/mol. The Kier molecular flexibility index (Phi) is 6.56. The van der Waals surface area contributed by atoms with Gasteiger partial charge in [-0.2, -0.15) is 0 Å². The zero-order valence-electron chi connectivity index (χ0n) is 11.5. The molecule has 0 spiro atoms. The van der Waals surface area contributed by atoms with Gasteiger partial charge in [0.2, 0.25) is 10.0 Å². The molecular weight excluding hydrogens is 364 g/mol. The molecule has 118 valence electrons. The van der Waals surface area contributed by atoms with Crippen molar-refractivity contribution in [2.75, 3.05) is 12.4 Å². The highest BCUT2D eigenvalue weighted by atomic mass is 79.9. The lowest BCUT2D eigenvalue weighted by Gasteiger charge is -2.12. The Morgan fingerprint density at radius 1 is 1.43 bits per heavy atom. The first kappa shape index (κ1) is 17.9. The minimum atomic E-state index is -3.45. The molecule has 0 amide bonds. The van der Waals surface area contributed by atoms with Crippen LogP contribution in [0, 0.1) is 16.0 Å². The highest BCUT2D eigenvalue weighted by Crippen LogP contribution is 2.30. The summed E-state index contributed by atoms with van der Waals surface area (Å²) < 4.78 is 27.7. The SMILES string of the molecule is CC(CCOc1ccc(Br)cc1[N+](=O)[O-])CCS(N)(=O)=O. The van der Waals surface area contributed by atoms with E-state index in [1.165, 1.54) is 12.1 Å². The van der Waals surface area contributed by atoms with E-state index in [1.54, 1.807) is 6.07 Å². The van der Waals surface area contributed by atoms with E-state index in [1.807, 2.05) is 6.92 Å². The third-order valence-corrected chi connectivity index (χ3v) is 4.18. The number of sulfonamides is 1.